The smallest absolute Gasteiger partial charge is 0.243 e. The SMILES string of the molecule is CC[C@H](C)NC(=O)[C@H]1CCCN(S(=O)(=O)c2cc(C)ccc2C)C1. The van der Waals surface area contributed by atoms with Crippen LogP contribution < -0.4 is 5.32 Å². The van der Waals surface area contributed by atoms with Crippen molar-refractivity contribution < 1.29 is 13.2 Å². The molecule has 0 saturated carbocycles. The van der Waals surface area contributed by atoms with Crippen LogP contribution in [0.4, 0.5) is 0 Å². The van der Waals surface area contributed by atoms with E-state index in [1.54, 1.807) is 6.07 Å². The Labute approximate surface area is 145 Å². The minimum absolute atomic E-state index is 0.0368. The van der Waals surface area contributed by atoms with E-state index in [2.05, 4.69) is 5.32 Å². The summed E-state index contributed by atoms with van der Waals surface area (Å²) < 4.78 is 27.5. The zero-order valence-corrected chi connectivity index (χ0v) is 15.8. The third-order valence-electron chi connectivity index (χ3n) is 4.72. The van der Waals surface area contributed by atoms with Crippen molar-refractivity contribution in [1.82, 2.24) is 9.62 Å². The fraction of sp³-hybridized carbons (Fsp3) is 0.611. The average Bonchev–Trinajstić information content (AvgIpc) is 2.56. The van der Waals surface area contributed by atoms with Crippen LogP contribution in [0.2, 0.25) is 0 Å². The highest BCUT2D eigenvalue weighted by atomic mass is 32.2. The molecule has 1 heterocycles. The molecule has 0 bridgehead atoms. The largest absolute Gasteiger partial charge is 0.353 e. The van der Waals surface area contributed by atoms with E-state index in [0.717, 1.165) is 24.0 Å². The second-order valence-corrected chi connectivity index (χ2v) is 8.70. The number of hydrogen-bond acceptors (Lipinski definition) is 3. The van der Waals surface area contributed by atoms with Gasteiger partial charge >= 0.3 is 0 Å². The summed E-state index contributed by atoms with van der Waals surface area (Å²) in [6.45, 7) is 8.41. The first-order valence-corrected chi connectivity index (χ1v) is 10.1. The van der Waals surface area contributed by atoms with Crippen molar-refractivity contribution in [3.05, 3.63) is 29.3 Å². The van der Waals surface area contributed by atoms with E-state index in [4.69, 9.17) is 0 Å². The van der Waals surface area contributed by atoms with Gasteiger partial charge in [-0.1, -0.05) is 19.1 Å². The molecule has 1 fully saturated rings. The Kier molecular flexibility index (Phi) is 6.04. The molecule has 0 radical (unpaired) electrons. The molecule has 2 atom stereocenters. The summed E-state index contributed by atoms with van der Waals surface area (Å²) in [7, 11) is -3.56. The summed E-state index contributed by atoms with van der Waals surface area (Å²) in [6.07, 6.45) is 2.31. The van der Waals surface area contributed by atoms with Gasteiger partial charge in [-0.3, -0.25) is 4.79 Å². The van der Waals surface area contributed by atoms with Gasteiger partial charge in [0, 0.05) is 19.1 Å². The minimum Gasteiger partial charge on any atom is -0.353 e. The quantitative estimate of drug-likeness (QED) is 0.886. The molecule has 5 nitrogen and oxygen atoms in total. The highest BCUT2D eigenvalue weighted by Gasteiger charge is 2.34. The predicted octanol–water partition coefficient (Wildman–Crippen LogP) is 2.62. The lowest BCUT2D eigenvalue weighted by atomic mass is 9.98. The molecule has 2 rings (SSSR count). The minimum atomic E-state index is -3.56. The molecule has 6 heteroatoms. The Morgan fingerprint density at radius 3 is 2.75 bits per heavy atom. The highest BCUT2D eigenvalue weighted by molar-refractivity contribution is 7.89. The van der Waals surface area contributed by atoms with E-state index >= 15 is 0 Å². The Morgan fingerprint density at radius 1 is 1.38 bits per heavy atom. The lowest BCUT2D eigenvalue weighted by Gasteiger charge is -2.32. The number of piperidine rings is 1. The third kappa shape index (κ3) is 4.16. The fourth-order valence-corrected chi connectivity index (χ4v) is 4.80. The summed E-state index contributed by atoms with van der Waals surface area (Å²) in [5, 5.41) is 2.97. The molecule has 1 aromatic carbocycles. The predicted molar refractivity (Wildman–Crippen MR) is 95.3 cm³/mol. The van der Waals surface area contributed by atoms with E-state index in [-0.39, 0.29) is 24.4 Å². The number of benzene rings is 1. The molecule has 0 aromatic heterocycles. The molecular formula is C18H28N2O3S. The van der Waals surface area contributed by atoms with Crippen molar-refractivity contribution in [3.63, 3.8) is 0 Å². The van der Waals surface area contributed by atoms with Gasteiger partial charge < -0.3 is 5.32 Å². The third-order valence-corrected chi connectivity index (χ3v) is 6.72. The van der Waals surface area contributed by atoms with E-state index in [1.165, 1.54) is 4.31 Å². The van der Waals surface area contributed by atoms with Crippen LogP contribution in [0.1, 0.15) is 44.2 Å². The van der Waals surface area contributed by atoms with E-state index in [9.17, 15) is 13.2 Å². The molecule has 1 N–H and O–H groups in total. The second-order valence-electron chi connectivity index (χ2n) is 6.79. The van der Waals surface area contributed by atoms with Gasteiger partial charge in [0.25, 0.3) is 0 Å². The molecule has 1 aromatic rings. The van der Waals surface area contributed by atoms with Gasteiger partial charge in [0.1, 0.15) is 0 Å². The first-order valence-electron chi connectivity index (χ1n) is 8.63. The number of aryl methyl sites for hydroxylation is 2. The molecule has 1 amide bonds. The number of rotatable bonds is 5. The van der Waals surface area contributed by atoms with Gasteiger partial charge in [-0.25, -0.2) is 8.42 Å². The number of carbonyl (C=O) groups is 1. The fourth-order valence-electron chi connectivity index (χ4n) is 2.96. The molecule has 0 unspecified atom stereocenters. The molecule has 134 valence electrons. The van der Waals surface area contributed by atoms with Gasteiger partial charge in [-0.05, 0) is 57.2 Å². The normalized spacial score (nSPS) is 20.6. The maximum absolute atomic E-state index is 13.0. The van der Waals surface area contributed by atoms with E-state index in [0.29, 0.717) is 17.9 Å². The van der Waals surface area contributed by atoms with E-state index < -0.39 is 10.0 Å². The van der Waals surface area contributed by atoms with Crippen LogP contribution >= 0.6 is 0 Å². The maximum Gasteiger partial charge on any atom is 0.243 e. The van der Waals surface area contributed by atoms with Gasteiger partial charge in [0.15, 0.2) is 0 Å². The number of nitrogens with zero attached hydrogens (tertiary/aromatic N) is 1. The Morgan fingerprint density at radius 2 is 2.08 bits per heavy atom. The summed E-state index contributed by atoms with van der Waals surface area (Å²) in [6, 6.07) is 5.57. The molecule has 1 aliphatic rings. The van der Waals surface area contributed by atoms with Gasteiger partial charge in [-0.2, -0.15) is 4.31 Å². The summed E-state index contributed by atoms with van der Waals surface area (Å²) in [5.74, 6) is -0.308. The van der Waals surface area contributed by atoms with Crippen molar-refractivity contribution in [2.75, 3.05) is 13.1 Å². The van der Waals surface area contributed by atoms with Crippen LogP contribution in [0.25, 0.3) is 0 Å². The molecule has 1 aliphatic heterocycles. The Hall–Kier alpha value is -1.40. The van der Waals surface area contributed by atoms with Crippen molar-refractivity contribution in [2.45, 2.75) is 57.9 Å². The lowest BCUT2D eigenvalue weighted by Crippen LogP contribution is -2.47. The van der Waals surface area contributed by atoms with E-state index in [1.807, 2.05) is 39.8 Å². The van der Waals surface area contributed by atoms with Crippen molar-refractivity contribution in [3.8, 4) is 0 Å². The van der Waals surface area contributed by atoms with Crippen molar-refractivity contribution in [2.24, 2.45) is 5.92 Å². The number of amides is 1. The van der Waals surface area contributed by atoms with Gasteiger partial charge in [0.2, 0.25) is 15.9 Å². The first-order chi connectivity index (χ1) is 11.3. The maximum atomic E-state index is 13.0. The lowest BCUT2D eigenvalue weighted by molar-refractivity contribution is -0.126. The topological polar surface area (TPSA) is 66.5 Å². The Balaban J connectivity index is 2.19. The molecular weight excluding hydrogens is 324 g/mol. The van der Waals surface area contributed by atoms with Crippen LogP contribution in [0.5, 0.6) is 0 Å². The molecule has 0 spiro atoms. The monoisotopic (exact) mass is 352 g/mol. The highest BCUT2D eigenvalue weighted by Crippen LogP contribution is 2.26. The van der Waals surface area contributed by atoms with Crippen LogP contribution in [-0.4, -0.2) is 37.8 Å². The summed E-state index contributed by atoms with van der Waals surface area (Å²) in [5.41, 5.74) is 1.66. The molecule has 1 saturated heterocycles. The van der Waals surface area contributed by atoms with Crippen LogP contribution in [0.15, 0.2) is 23.1 Å². The number of sulfonamides is 1. The standard InChI is InChI=1S/C18H28N2O3S/c1-5-15(4)19-18(21)16-7-6-10-20(12-16)24(22,23)17-11-13(2)8-9-14(17)3/h8-9,11,15-16H,5-7,10,12H2,1-4H3,(H,19,21)/t15-,16-/m0/s1. The number of hydrogen-bond donors (Lipinski definition) is 1. The van der Waals surface area contributed by atoms with Crippen LogP contribution in [-0.2, 0) is 14.8 Å². The van der Waals surface area contributed by atoms with Gasteiger partial charge in [-0.15, -0.1) is 0 Å². The number of nitrogens with one attached hydrogen (secondary N) is 1. The zero-order chi connectivity index (χ0) is 17.9. The Bertz CT molecular complexity index is 700. The molecule has 0 aliphatic carbocycles. The zero-order valence-electron chi connectivity index (χ0n) is 15.0. The van der Waals surface area contributed by atoms with Gasteiger partial charge in [0.05, 0.1) is 10.8 Å². The van der Waals surface area contributed by atoms with Crippen LogP contribution in [0, 0.1) is 19.8 Å². The average molecular weight is 353 g/mol. The van der Waals surface area contributed by atoms with Crippen molar-refractivity contribution >= 4 is 15.9 Å². The summed E-state index contributed by atoms with van der Waals surface area (Å²) >= 11 is 0. The molecule has 24 heavy (non-hydrogen) atoms. The second kappa shape index (κ2) is 7.66. The van der Waals surface area contributed by atoms with Crippen molar-refractivity contribution in [1.29, 1.82) is 0 Å². The number of carbonyl (C=O) groups excluding carboxylic acids is 1. The summed E-state index contributed by atoms with van der Waals surface area (Å²) in [4.78, 5) is 12.7. The van der Waals surface area contributed by atoms with Crippen LogP contribution in [0.3, 0.4) is 0 Å². The first kappa shape index (κ1) is 18.9.